The van der Waals surface area contributed by atoms with Crippen molar-refractivity contribution in [3.8, 4) is 0 Å². The predicted octanol–water partition coefficient (Wildman–Crippen LogP) is 5.54. The van der Waals surface area contributed by atoms with Crippen molar-refractivity contribution in [2.75, 3.05) is 12.0 Å². The highest BCUT2D eigenvalue weighted by atomic mass is 32.1. The summed E-state index contributed by atoms with van der Waals surface area (Å²) in [5, 5.41) is 0. The second kappa shape index (κ2) is 10.9. The van der Waals surface area contributed by atoms with Crippen LogP contribution in [-0.4, -0.2) is 30.8 Å². The fourth-order valence-corrected chi connectivity index (χ4v) is 5.22. The molecule has 0 N–H and O–H groups in total. The smallest absolute Gasteiger partial charge is 0.350 e. The number of aryl methyl sites for hydroxylation is 1. The summed E-state index contributed by atoms with van der Waals surface area (Å²) in [4.78, 5) is 40.9. The van der Waals surface area contributed by atoms with Crippen LogP contribution in [0.1, 0.15) is 86.7 Å². The lowest BCUT2D eigenvalue weighted by Crippen LogP contribution is -2.46. The molecule has 5 nitrogen and oxygen atoms in total. The molecule has 1 amide bonds. The van der Waals surface area contributed by atoms with E-state index in [1.165, 1.54) is 18.4 Å². The van der Waals surface area contributed by atoms with Crippen LogP contribution in [0.4, 0.5) is 5.69 Å². The topological polar surface area (TPSA) is 63.7 Å². The molecule has 6 heteroatoms. The standard InChI is InChI=1S/C21H29NO4S.C2H6/c1-13-4-6-15(7-5-13)20(24)22(16-8-10-17(23)11-9-16)18-12-14(2)27-19(18)21(25)26-3;1-2/h12-13,15-16H,4-11H2,1-3H3;1-2H3. The number of hydrogen-bond donors (Lipinski definition) is 0. The van der Waals surface area contributed by atoms with Gasteiger partial charge >= 0.3 is 5.97 Å². The van der Waals surface area contributed by atoms with E-state index in [4.69, 9.17) is 4.74 Å². The van der Waals surface area contributed by atoms with Gasteiger partial charge in [0.25, 0.3) is 0 Å². The van der Waals surface area contributed by atoms with Crippen LogP contribution in [0.3, 0.4) is 0 Å². The maximum Gasteiger partial charge on any atom is 0.350 e. The maximum absolute atomic E-state index is 13.6. The van der Waals surface area contributed by atoms with Gasteiger partial charge in [-0.1, -0.05) is 20.8 Å². The van der Waals surface area contributed by atoms with Crippen LogP contribution >= 0.6 is 11.3 Å². The summed E-state index contributed by atoms with van der Waals surface area (Å²) in [6.45, 7) is 8.18. The molecule has 0 aromatic carbocycles. The largest absolute Gasteiger partial charge is 0.465 e. The van der Waals surface area contributed by atoms with E-state index >= 15 is 0 Å². The molecule has 1 aromatic heterocycles. The van der Waals surface area contributed by atoms with E-state index in [0.717, 1.165) is 30.6 Å². The van der Waals surface area contributed by atoms with E-state index in [1.54, 1.807) is 0 Å². The minimum atomic E-state index is -0.398. The molecule has 29 heavy (non-hydrogen) atoms. The normalized spacial score (nSPS) is 22.4. The van der Waals surface area contributed by atoms with Gasteiger partial charge in [0, 0.05) is 29.7 Å². The molecule has 1 aromatic rings. The van der Waals surface area contributed by atoms with Crippen molar-refractivity contribution in [1.82, 2.24) is 0 Å². The van der Waals surface area contributed by atoms with E-state index in [-0.39, 0.29) is 23.7 Å². The molecule has 2 aliphatic rings. The van der Waals surface area contributed by atoms with Crippen LogP contribution in [0.2, 0.25) is 0 Å². The molecule has 1 heterocycles. The number of nitrogens with zero attached hydrogens (tertiary/aromatic N) is 1. The maximum atomic E-state index is 13.6. The predicted molar refractivity (Wildman–Crippen MR) is 118 cm³/mol. The van der Waals surface area contributed by atoms with Crippen molar-refractivity contribution < 1.29 is 19.1 Å². The van der Waals surface area contributed by atoms with Gasteiger partial charge in [0.15, 0.2) is 0 Å². The Bertz CT molecular complexity index is 708. The SMILES string of the molecule is CC.COC(=O)c1sc(C)cc1N(C(=O)C1CCC(C)CC1)C1CCC(=O)CC1. The Morgan fingerprint density at radius 2 is 1.66 bits per heavy atom. The number of anilines is 1. The van der Waals surface area contributed by atoms with Crippen LogP contribution < -0.4 is 4.90 Å². The van der Waals surface area contributed by atoms with Gasteiger partial charge in [-0.3, -0.25) is 9.59 Å². The summed E-state index contributed by atoms with van der Waals surface area (Å²) < 4.78 is 4.96. The van der Waals surface area contributed by atoms with Gasteiger partial charge < -0.3 is 9.64 Å². The minimum Gasteiger partial charge on any atom is -0.465 e. The Morgan fingerprint density at radius 3 is 2.21 bits per heavy atom. The highest BCUT2D eigenvalue weighted by molar-refractivity contribution is 7.14. The van der Waals surface area contributed by atoms with Crippen molar-refractivity contribution in [3.63, 3.8) is 0 Å². The molecule has 2 fully saturated rings. The zero-order valence-corrected chi connectivity index (χ0v) is 19.3. The molecule has 0 radical (unpaired) electrons. The van der Waals surface area contributed by atoms with Crippen LogP contribution in [-0.2, 0) is 14.3 Å². The third-order valence-corrected chi connectivity index (χ3v) is 6.97. The van der Waals surface area contributed by atoms with Crippen molar-refractivity contribution in [2.45, 2.75) is 85.1 Å². The van der Waals surface area contributed by atoms with Crippen molar-refractivity contribution in [3.05, 3.63) is 15.8 Å². The molecule has 0 spiro atoms. The number of ether oxygens (including phenoxy) is 1. The number of carbonyl (C=O) groups is 3. The Morgan fingerprint density at radius 1 is 1.07 bits per heavy atom. The van der Waals surface area contributed by atoms with Crippen molar-refractivity contribution in [1.29, 1.82) is 0 Å². The molecule has 0 atom stereocenters. The minimum absolute atomic E-state index is 0.00420. The molecular formula is C23H35NO4S. The van der Waals surface area contributed by atoms with E-state index in [2.05, 4.69) is 6.92 Å². The molecule has 0 unspecified atom stereocenters. The number of thiophene rings is 1. The summed E-state index contributed by atoms with van der Waals surface area (Å²) in [6, 6.07) is 1.91. The molecule has 3 rings (SSSR count). The first kappa shape index (κ1) is 23.6. The first-order valence-corrected chi connectivity index (χ1v) is 11.8. The molecule has 2 saturated carbocycles. The zero-order chi connectivity index (χ0) is 21.6. The first-order valence-electron chi connectivity index (χ1n) is 10.9. The van der Waals surface area contributed by atoms with E-state index in [9.17, 15) is 14.4 Å². The lowest BCUT2D eigenvalue weighted by Gasteiger charge is -2.37. The second-order valence-electron chi connectivity index (χ2n) is 8.00. The third kappa shape index (κ3) is 5.68. The van der Waals surface area contributed by atoms with Gasteiger partial charge in [-0.05, 0) is 57.4 Å². The fourth-order valence-electron chi connectivity index (χ4n) is 4.30. The fraction of sp³-hybridized carbons (Fsp3) is 0.696. The summed E-state index contributed by atoms with van der Waals surface area (Å²) in [5.74, 6) is 0.655. The number of amides is 1. The van der Waals surface area contributed by atoms with Crippen LogP contribution in [0.5, 0.6) is 0 Å². The van der Waals surface area contributed by atoms with Crippen molar-refractivity contribution in [2.24, 2.45) is 11.8 Å². The summed E-state index contributed by atoms with van der Waals surface area (Å²) >= 11 is 1.37. The van der Waals surface area contributed by atoms with E-state index in [1.807, 2.05) is 31.7 Å². The molecule has 162 valence electrons. The number of rotatable bonds is 4. The van der Waals surface area contributed by atoms with Gasteiger partial charge in [-0.15, -0.1) is 11.3 Å². The second-order valence-corrected chi connectivity index (χ2v) is 9.25. The number of carbonyl (C=O) groups excluding carboxylic acids is 3. The Kier molecular flexibility index (Phi) is 8.87. The number of Topliss-reactive ketones (excluding diaryl/α,β-unsaturated/α-hetero) is 1. The highest BCUT2D eigenvalue weighted by Crippen LogP contribution is 2.38. The molecule has 0 bridgehead atoms. The molecule has 0 saturated heterocycles. The van der Waals surface area contributed by atoms with Gasteiger partial charge in [-0.2, -0.15) is 0 Å². The van der Waals surface area contributed by atoms with Crippen LogP contribution in [0.15, 0.2) is 6.07 Å². The quantitative estimate of drug-likeness (QED) is 0.599. The van der Waals surface area contributed by atoms with E-state index < -0.39 is 5.97 Å². The number of ketones is 1. The average Bonchev–Trinajstić information content (AvgIpc) is 3.12. The molecule has 2 aliphatic carbocycles. The Hall–Kier alpha value is -1.69. The third-order valence-electron chi connectivity index (χ3n) is 5.95. The van der Waals surface area contributed by atoms with Crippen molar-refractivity contribution >= 4 is 34.7 Å². The molecule has 0 aliphatic heterocycles. The van der Waals surface area contributed by atoms with Gasteiger partial charge in [-0.25, -0.2) is 4.79 Å². The van der Waals surface area contributed by atoms with Gasteiger partial charge in [0.2, 0.25) is 5.91 Å². The summed E-state index contributed by atoms with van der Waals surface area (Å²) in [5.41, 5.74) is 0.673. The number of esters is 1. The molecular weight excluding hydrogens is 386 g/mol. The highest BCUT2D eigenvalue weighted by Gasteiger charge is 2.37. The van der Waals surface area contributed by atoms with E-state index in [0.29, 0.717) is 42.2 Å². The summed E-state index contributed by atoms with van der Waals surface area (Å²) in [6.07, 6.45) is 6.30. The number of methoxy groups -OCH3 is 1. The lowest BCUT2D eigenvalue weighted by atomic mass is 9.81. The monoisotopic (exact) mass is 421 g/mol. The Labute approximate surface area is 178 Å². The lowest BCUT2D eigenvalue weighted by molar-refractivity contribution is -0.125. The Balaban J connectivity index is 0.00000145. The average molecular weight is 422 g/mol. The number of hydrogen-bond acceptors (Lipinski definition) is 5. The zero-order valence-electron chi connectivity index (χ0n) is 18.5. The van der Waals surface area contributed by atoms with Gasteiger partial charge in [0.05, 0.1) is 12.8 Å². The summed E-state index contributed by atoms with van der Waals surface area (Å²) in [7, 11) is 1.37. The van der Waals surface area contributed by atoms with Crippen LogP contribution in [0, 0.1) is 18.8 Å². The van der Waals surface area contributed by atoms with Crippen LogP contribution in [0.25, 0.3) is 0 Å². The first-order chi connectivity index (χ1) is 13.9. The van der Waals surface area contributed by atoms with Gasteiger partial charge in [0.1, 0.15) is 10.7 Å².